The molecule has 152 valence electrons. The van der Waals surface area contributed by atoms with Gasteiger partial charge in [-0.25, -0.2) is 4.98 Å². The van der Waals surface area contributed by atoms with Gasteiger partial charge in [-0.15, -0.1) is 0 Å². The number of ether oxygens (including phenoxy) is 1. The maximum Gasteiger partial charge on any atom is 0.255 e. The lowest BCUT2D eigenvalue weighted by molar-refractivity contribution is -0.132. The predicted molar refractivity (Wildman–Crippen MR) is 110 cm³/mol. The molecule has 4 rings (SSSR count). The molecule has 1 saturated heterocycles. The number of rotatable bonds is 6. The average Bonchev–Trinajstić information content (AvgIpc) is 3.63. The monoisotopic (exact) mass is 394 g/mol. The molecule has 29 heavy (non-hydrogen) atoms. The third-order valence-electron chi connectivity index (χ3n) is 5.46. The largest absolute Gasteiger partial charge is 0.497 e. The Hall–Kier alpha value is -3.09. The Kier molecular flexibility index (Phi) is 5.64. The fraction of sp³-hybridized carbons (Fsp3) is 0.409. The van der Waals surface area contributed by atoms with Gasteiger partial charge in [0.1, 0.15) is 11.6 Å². The van der Waals surface area contributed by atoms with Crippen molar-refractivity contribution in [1.29, 1.82) is 0 Å². The summed E-state index contributed by atoms with van der Waals surface area (Å²) in [6.45, 7) is 3.17. The van der Waals surface area contributed by atoms with E-state index in [0.717, 1.165) is 24.2 Å². The molecule has 0 spiro atoms. The number of nitrogens with one attached hydrogen (secondary N) is 1. The van der Waals surface area contributed by atoms with Crippen molar-refractivity contribution in [3.05, 3.63) is 53.7 Å². The molecule has 2 aliphatic rings. The first-order chi connectivity index (χ1) is 14.2. The van der Waals surface area contributed by atoms with Crippen molar-refractivity contribution in [2.45, 2.75) is 19.4 Å². The number of aromatic nitrogens is 1. The summed E-state index contributed by atoms with van der Waals surface area (Å²) in [5.74, 6) is 1.84. The maximum atomic E-state index is 12.8. The van der Waals surface area contributed by atoms with E-state index in [4.69, 9.17) is 4.74 Å². The van der Waals surface area contributed by atoms with Crippen LogP contribution in [0.25, 0.3) is 0 Å². The third-order valence-corrected chi connectivity index (χ3v) is 5.46. The lowest BCUT2D eigenvalue weighted by Crippen LogP contribution is -2.50. The quantitative estimate of drug-likeness (QED) is 0.812. The Balaban J connectivity index is 1.38. The lowest BCUT2D eigenvalue weighted by Gasteiger charge is -2.36. The van der Waals surface area contributed by atoms with Crippen molar-refractivity contribution in [3.63, 3.8) is 0 Å². The minimum absolute atomic E-state index is 0.152. The minimum atomic E-state index is -0.152. The van der Waals surface area contributed by atoms with Crippen LogP contribution in [0, 0.1) is 5.92 Å². The Morgan fingerprint density at radius 2 is 1.83 bits per heavy atom. The summed E-state index contributed by atoms with van der Waals surface area (Å²) in [7, 11) is 1.63. The number of pyridine rings is 1. The first-order valence-corrected chi connectivity index (χ1v) is 10.1. The highest BCUT2D eigenvalue weighted by molar-refractivity contribution is 5.98. The molecule has 1 N–H and O–H groups in total. The van der Waals surface area contributed by atoms with Crippen molar-refractivity contribution in [3.8, 4) is 5.75 Å². The van der Waals surface area contributed by atoms with Crippen LogP contribution in [-0.2, 0) is 11.3 Å². The molecule has 2 heterocycles. The molecule has 7 nitrogen and oxygen atoms in total. The number of methoxy groups -OCH3 is 1. The van der Waals surface area contributed by atoms with Crippen LogP contribution in [0.2, 0.25) is 0 Å². The fourth-order valence-electron chi connectivity index (χ4n) is 3.57. The molecule has 1 saturated carbocycles. The van der Waals surface area contributed by atoms with Crippen LogP contribution in [0.5, 0.6) is 5.75 Å². The van der Waals surface area contributed by atoms with E-state index in [0.29, 0.717) is 44.1 Å². The van der Waals surface area contributed by atoms with E-state index in [1.807, 2.05) is 29.2 Å². The van der Waals surface area contributed by atoms with Gasteiger partial charge >= 0.3 is 0 Å². The molecule has 1 aromatic carbocycles. The van der Waals surface area contributed by atoms with Crippen LogP contribution >= 0.6 is 0 Å². The number of hydrogen-bond acceptors (Lipinski definition) is 5. The van der Waals surface area contributed by atoms with Crippen LogP contribution in [0.4, 0.5) is 5.82 Å². The number of hydrogen-bond donors (Lipinski definition) is 1. The summed E-state index contributed by atoms with van der Waals surface area (Å²) >= 11 is 0. The van der Waals surface area contributed by atoms with E-state index in [9.17, 15) is 9.59 Å². The van der Waals surface area contributed by atoms with Gasteiger partial charge in [-0.1, -0.05) is 12.1 Å². The Morgan fingerprint density at radius 1 is 1.10 bits per heavy atom. The number of benzene rings is 1. The summed E-state index contributed by atoms with van der Waals surface area (Å²) in [6, 6.07) is 11.2. The highest BCUT2D eigenvalue weighted by Gasteiger charge is 2.35. The summed E-state index contributed by atoms with van der Waals surface area (Å²) in [4.78, 5) is 33.6. The van der Waals surface area contributed by atoms with E-state index >= 15 is 0 Å². The maximum absolute atomic E-state index is 12.8. The SMILES string of the molecule is COc1ccc(CNC(=O)c2cccnc2N2CCN(C(=O)C3CC3)CC2)cc1. The standard InChI is InChI=1S/C22H26N4O3/c1-29-18-8-4-16(5-9-18)15-24-21(27)19-3-2-10-23-20(19)25-11-13-26(14-12-25)22(28)17-6-7-17/h2-5,8-10,17H,6-7,11-15H2,1H3,(H,24,27). The second-order valence-corrected chi connectivity index (χ2v) is 7.49. The Labute approximate surface area is 170 Å². The molecule has 1 aromatic heterocycles. The van der Waals surface area contributed by atoms with Gasteiger partial charge in [-0.05, 0) is 42.7 Å². The van der Waals surface area contributed by atoms with E-state index in [1.54, 1.807) is 25.4 Å². The average molecular weight is 394 g/mol. The summed E-state index contributed by atoms with van der Waals surface area (Å²) < 4.78 is 5.16. The van der Waals surface area contributed by atoms with Crippen molar-refractivity contribution >= 4 is 17.6 Å². The minimum Gasteiger partial charge on any atom is -0.497 e. The highest BCUT2D eigenvalue weighted by atomic mass is 16.5. The predicted octanol–water partition coefficient (Wildman–Crippen LogP) is 2.08. The van der Waals surface area contributed by atoms with Crippen LogP contribution < -0.4 is 15.0 Å². The third kappa shape index (κ3) is 4.50. The molecular weight excluding hydrogens is 368 g/mol. The summed E-state index contributed by atoms with van der Waals surface area (Å²) in [5.41, 5.74) is 1.56. The first-order valence-electron chi connectivity index (χ1n) is 10.1. The number of piperazine rings is 1. The smallest absolute Gasteiger partial charge is 0.255 e. The number of carbonyl (C=O) groups is 2. The van der Waals surface area contributed by atoms with Gasteiger partial charge in [0.15, 0.2) is 0 Å². The molecule has 0 atom stereocenters. The summed E-state index contributed by atoms with van der Waals surface area (Å²) in [5, 5.41) is 2.97. The van der Waals surface area contributed by atoms with Crippen LogP contribution in [0.15, 0.2) is 42.6 Å². The van der Waals surface area contributed by atoms with Crippen molar-refractivity contribution < 1.29 is 14.3 Å². The molecule has 2 amide bonds. The van der Waals surface area contributed by atoms with Gasteiger partial charge < -0.3 is 19.9 Å². The molecule has 0 unspecified atom stereocenters. The van der Waals surface area contributed by atoms with Gasteiger partial charge in [0, 0.05) is 44.8 Å². The molecule has 0 radical (unpaired) electrons. The fourth-order valence-corrected chi connectivity index (χ4v) is 3.57. The molecule has 1 aliphatic heterocycles. The van der Waals surface area contributed by atoms with E-state index in [-0.39, 0.29) is 17.7 Å². The zero-order valence-corrected chi connectivity index (χ0v) is 16.6. The van der Waals surface area contributed by atoms with Crippen molar-refractivity contribution in [2.75, 3.05) is 38.2 Å². The van der Waals surface area contributed by atoms with Crippen molar-refractivity contribution in [2.24, 2.45) is 5.92 Å². The molecule has 2 fully saturated rings. The zero-order valence-electron chi connectivity index (χ0n) is 16.6. The van der Waals surface area contributed by atoms with Crippen LogP contribution in [-0.4, -0.2) is 55.0 Å². The van der Waals surface area contributed by atoms with E-state index < -0.39 is 0 Å². The Bertz CT molecular complexity index is 872. The topological polar surface area (TPSA) is 74.8 Å². The van der Waals surface area contributed by atoms with Crippen LogP contribution in [0.1, 0.15) is 28.8 Å². The normalized spacial score (nSPS) is 16.4. The second kappa shape index (κ2) is 8.51. The molecular formula is C22H26N4O3. The zero-order chi connectivity index (χ0) is 20.2. The molecule has 0 bridgehead atoms. The number of carbonyl (C=O) groups excluding carboxylic acids is 2. The van der Waals surface area contributed by atoms with E-state index in [2.05, 4.69) is 15.2 Å². The van der Waals surface area contributed by atoms with Crippen LogP contribution in [0.3, 0.4) is 0 Å². The number of anilines is 1. The van der Waals surface area contributed by atoms with Gasteiger partial charge in [0.25, 0.3) is 5.91 Å². The van der Waals surface area contributed by atoms with E-state index in [1.165, 1.54) is 0 Å². The highest BCUT2D eigenvalue weighted by Crippen LogP contribution is 2.31. The van der Waals surface area contributed by atoms with Gasteiger partial charge in [-0.2, -0.15) is 0 Å². The first kappa shape index (κ1) is 19.2. The number of nitrogens with zero attached hydrogens (tertiary/aromatic N) is 3. The van der Waals surface area contributed by atoms with Gasteiger partial charge in [0.05, 0.1) is 12.7 Å². The lowest BCUT2D eigenvalue weighted by atomic mass is 10.1. The van der Waals surface area contributed by atoms with Gasteiger partial charge in [0.2, 0.25) is 5.91 Å². The molecule has 1 aliphatic carbocycles. The van der Waals surface area contributed by atoms with Gasteiger partial charge in [-0.3, -0.25) is 9.59 Å². The van der Waals surface area contributed by atoms with Crippen molar-refractivity contribution in [1.82, 2.24) is 15.2 Å². The molecule has 7 heteroatoms. The summed E-state index contributed by atoms with van der Waals surface area (Å²) in [6.07, 6.45) is 3.76. The molecule has 2 aromatic rings. The number of amides is 2. The Morgan fingerprint density at radius 3 is 2.48 bits per heavy atom. The second-order valence-electron chi connectivity index (χ2n) is 7.49.